The standard InChI is InChI=1S/C32H44N2O8/c1-32(19-42-32)29(38)26(16-20-5-3-4-6-20)33-31(40)23(15-21-7-13-25(41-2)14-8-21)17-28(37)27(18-35)34-30(39)22-9-11-24(36)12-10-22/h5,7-8,13-14,22-24,26-27,35-36H,3-4,6,9-12,15-19H2,1-2H3,(H,33,40)(H,34,39). The van der Waals surface area contributed by atoms with Crippen molar-refractivity contribution in [2.45, 2.75) is 94.9 Å². The van der Waals surface area contributed by atoms with E-state index in [0.29, 0.717) is 44.5 Å². The van der Waals surface area contributed by atoms with Crippen LogP contribution in [0.15, 0.2) is 35.9 Å². The van der Waals surface area contributed by atoms with Crippen molar-refractivity contribution in [3.63, 3.8) is 0 Å². The molecule has 0 bridgehead atoms. The Morgan fingerprint density at radius 3 is 2.31 bits per heavy atom. The first-order valence-electron chi connectivity index (χ1n) is 15.0. The fourth-order valence-corrected chi connectivity index (χ4v) is 5.85. The normalized spacial score (nSPS) is 25.5. The van der Waals surface area contributed by atoms with Crippen molar-refractivity contribution < 1.29 is 38.9 Å². The summed E-state index contributed by atoms with van der Waals surface area (Å²) in [5, 5.41) is 25.3. The van der Waals surface area contributed by atoms with Gasteiger partial charge < -0.3 is 30.3 Å². The Bertz CT molecular complexity index is 1150. The summed E-state index contributed by atoms with van der Waals surface area (Å²) < 4.78 is 10.6. The van der Waals surface area contributed by atoms with Crippen molar-refractivity contribution in [2.24, 2.45) is 11.8 Å². The summed E-state index contributed by atoms with van der Waals surface area (Å²) in [6, 6.07) is 5.24. The molecule has 1 aromatic rings. The molecule has 1 aromatic carbocycles. The summed E-state index contributed by atoms with van der Waals surface area (Å²) in [6.45, 7) is 1.43. The molecule has 4 unspecified atom stereocenters. The summed E-state index contributed by atoms with van der Waals surface area (Å²) in [5.41, 5.74) is 1.01. The quantitative estimate of drug-likeness (QED) is 0.181. The second kappa shape index (κ2) is 14.4. The van der Waals surface area contributed by atoms with Crippen LogP contribution in [0.25, 0.3) is 0 Å². The summed E-state index contributed by atoms with van der Waals surface area (Å²) in [4.78, 5) is 53.3. The maximum atomic E-state index is 13.8. The smallest absolute Gasteiger partial charge is 0.224 e. The van der Waals surface area contributed by atoms with Crippen LogP contribution in [-0.4, -0.2) is 77.7 Å². The van der Waals surface area contributed by atoms with Crippen molar-refractivity contribution >= 4 is 23.4 Å². The monoisotopic (exact) mass is 584 g/mol. The van der Waals surface area contributed by atoms with Gasteiger partial charge >= 0.3 is 0 Å². The molecule has 4 N–H and O–H groups in total. The molecule has 1 heterocycles. The van der Waals surface area contributed by atoms with Gasteiger partial charge in [-0.25, -0.2) is 0 Å². The molecular weight excluding hydrogens is 540 g/mol. The van der Waals surface area contributed by atoms with Crippen molar-refractivity contribution in [2.75, 3.05) is 20.3 Å². The third-order valence-electron chi connectivity index (χ3n) is 8.75. The molecule has 1 saturated heterocycles. The van der Waals surface area contributed by atoms with E-state index in [4.69, 9.17) is 9.47 Å². The number of carbonyl (C=O) groups excluding carboxylic acids is 4. The number of aliphatic hydroxyl groups is 2. The number of nitrogens with one attached hydrogen (secondary N) is 2. The summed E-state index contributed by atoms with van der Waals surface area (Å²) in [6.07, 6.45) is 6.97. The summed E-state index contributed by atoms with van der Waals surface area (Å²) in [5.74, 6) is -1.95. The molecule has 0 aromatic heterocycles. The predicted octanol–water partition coefficient (Wildman–Crippen LogP) is 2.18. The topological polar surface area (TPSA) is 155 Å². The van der Waals surface area contributed by atoms with Gasteiger partial charge in [-0.2, -0.15) is 0 Å². The van der Waals surface area contributed by atoms with Crippen LogP contribution >= 0.6 is 0 Å². The first-order valence-corrected chi connectivity index (χ1v) is 15.0. The lowest BCUT2D eigenvalue weighted by atomic mass is 9.86. The lowest BCUT2D eigenvalue weighted by Gasteiger charge is -2.27. The van der Waals surface area contributed by atoms with Gasteiger partial charge in [0.1, 0.15) is 17.4 Å². The second-order valence-electron chi connectivity index (χ2n) is 12.1. The maximum absolute atomic E-state index is 13.8. The number of rotatable bonds is 15. The fraction of sp³-hybridized carbons (Fsp3) is 0.625. The number of carbonyl (C=O) groups is 4. The molecule has 1 aliphatic heterocycles. The van der Waals surface area contributed by atoms with E-state index in [0.717, 1.165) is 30.4 Å². The van der Waals surface area contributed by atoms with Crippen LogP contribution in [0.4, 0.5) is 0 Å². The zero-order valence-corrected chi connectivity index (χ0v) is 24.6. The molecule has 10 heteroatoms. The molecule has 230 valence electrons. The molecule has 2 aliphatic carbocycles. The largest absolute Gasteiger partial charge is 0.497 e. The van der Waals surface area contributed by atoms with E-state index in [1.54, 1.807) is 26.2 Å². The van der Waals surface area contributed by atoms with E-state index in [2.05, 4.69) is 16.7 Å². The van der Waals surface area contributed by atoms with E-state index in [1.165, 1.54) is 0 Å². The molecule has 0 spiro atoms. The molecule has 0 radical (unpaired) electrons. The highest BCUT2D eigenvalue weighted by molar-refractivity contribution is 5.98. The van der Waals surface area contributed by atoms with Gasteiger partial charge in [-0.3, -0.25) is 19.2 Å². The van der Waals surface area contributed by atoms with Crippen LogP contribution in [-0.2, 0) is 30.3 Å². The minimum Gasteiger partial charge on any atom is -0.497 e. The van der Waals surface area contributed by atoms with Crippen LogP contribution < -0.4 is 15.4 Å². The highest BCUT2D eigenvalue weighted by Crippen LogP contribution is 2.32. The lowest BCUT2D eigenvalue weighted by molar-refractivity contribution is -0.135. The highest BCUT2D eigenvalue weighted by atomic mass is 16.6. The van der Waals surface area contributed by atoms with Crippen molar-refractivity contribution in [3.05, 3.63) is 41.5 Å². The van der Waals surface area contributed by atoms with Gasteiger partial charge in [0.25, 0.3) is 0 Å². The van der Waals surface area contributed by atoms with Crippen molar-refractivity contribution in [1.29, 1.82) is 0 Å². The molecule has 42 heavy (non-hydrogen) atoms. The van der Waals surface area contributed by atoms with Gasteiger partial charge in [0.2, 0.25) is 11.8 Å². The fourth-order valence-electron chi connectivity index (χ4n) is 5.85. The second-order valence-corrected chi connectivity index (χ2v) is 12.1. The third-order valence-corrected chi connectivity index (χ3v) is 8.75. The Morgan fingerprint density at radius 2 is 1.74 bits per heavy atom. The van der Waals surface area contributed by atoms with E-state index in [9.17, 15) is 29.4 Å². The van der Waals surface area contributed by atoms with E-state index in [1.807, 2.05) is 12.1 Å². The minimum atomic E-state index is -1.16. The van der Waals surface area contributed by atoms with Crippen molar-refractivity contribution in [3.8, 4) is 5.75 Å². The predicted molar refractivity (Wildman–Crippen MR) is 155 cm³/mol. The molecule has 2 fully saturated rings. The number of ether oxygens (including phenoxy) is 2. The molecule has 3 aliphatic rings. The Balaban J connectivity index is 1.48. The first-order chi connectivity index (χ1) is 20.1. The summed E-state index contributed by atoms with van der Waals surface area (Å²) >= 11 is 0. The minimum absolute atomic E-state index is 0.184. The number of ketones is 2. The molecule has 1 saturated carbocycles. The average molecular weight is 585 g/mol. The number of hydrogen-bond donors (Lipinski definition) is 4. The van der Waals surface area contributed by atoms with Gasteiger partial charge in [-0.15, -0.1) is 0 Å². The van der Waals surface area contributed by atoms with Gasteiger partial charge in [-0.1, -0.05) is 23.8 Å². The number of methoxy groups -OCH3 is 1. The number of amides is 2. The summed E-state index contributed by atoms with van der Waals surface area (Å²) in [7, 11) is 1.56. The Labute approximate surface area is 247 Å². The van der Waals surface area contributed by atoms with E-state index >= 15 is 0 Å². The Kier molecular flexibility index (Phi) is 10.9. The van der Waals surface area contributed by atoms with Crippen molar-refractivity contribution in [1.82, 2.24) is 10.6 Å². The lowest BCUT2D eigenvalue weighted by Crippen LogP contribution is -2.50. The molecule has 4 rings (SSSR count). The van der Waals surface area contributed by atoms with Gasteiger partial charge in [0.05, 0.1) is 32.5 Å². The number of allylic oxidation sites excluding steroid dienone is 1. The number of benzene rings is 1. The number of Topliss-reactive ketones (excluding diaryl/α,β-unsaturated/α-hetero) is 2. The number of hydrogen-bond acceptors (Lipinski definition) is 8. The van der Waals surface area contributed by atoms with Crippen LogP contribution in [0.2, 0.25) is 0 Å². The zero-order valence-electron chi connectivity index (χ0n) is 24.6. The molecular formula is C32H44N2O8. The Morgan fingerprint density at radius 1 is 1.05 bits per heavy atom. The first kappa shape index (κ1) is 31.8. The molecule has 2 amide bonds. The van der Waals surface area contributed by atoms with Crippen LogP contribution in [0, 0.1) is 11.8 Å². The number of epoxide rings is 1. The van der Waals surface area contributed by atoms with E-state index < -0.39 is 48.0 Å². The van der Waals surface area contributed by atoms with Gasteiger partial charge in [0, 0.05) is 18.3 Å². The van der Waals surface area contributed by atoms with Crippen LogP contribution in [0.5, 0.6) is 5.75 Å². The van der Waals surface area contributed by atoms with Crippen LogP contribution in [0.3, 0.4) is 0 Å². The average Bonchev–Trinajstić information content (AvgIpc) is 3.53. The molecule has 4 atom stereocenters. The Hall–Kier alpha value is -3.08. The SMILES string of the molecule is COc1ccc(CC(CC(=O)C(CO)NC(=O)C2CCC(O)CC2)C(=O)NC(CC2=CCCC2)C(=O)C2(C)CO2)cc1. The maximum Gasteiger partial charge on any atom is 0.224 e. The number of aliphatic hydroxyl groups excluding tert-OH is 2. The van der Waals surface area contributed by atoms with E-state index in [-0.39, 0.29) is 30.4 Å². The highest BCUT2D eigenvalue weighted by Gasteiger charge is 2.50. The van der Waals surface area contributed by atoms with Gasteiger partial charge in [-0.05, 0) is 82.4 Å². The van der Waals surface area contributed by atoms with Gasteiger partial charge in [0.15, 0.2) is 11.6 Å². The van der Waals surface area contributed by atoms with Crippen LogP contribution in [0.1, 0.15) is 70.3 Å². The third kappa shape index (κ3) is 8.49. The molecule has 10 nitrogen and oxygen atoms in total. The zero-order chi connectivity index (χ0) is 30.3.